The summed E-state index contributed by atoms with van der Waals surface area (Å²) in [5.41, 5.74) is 0. The van der Waals surface area contributed by atoms with Crippen LogP contribution in [0, 0.1) is 5.92 Å². The molecule has 0 radical (unpaired) electrons. The summed E-state index contributed by atoms with van der Waals surface area (Å²) in [7, 11) is -3.42. The summed E-state index contributed by atoms with van der Waals surface area (Å²) in [6, 6.07) is 9.46. The average molecular weight is 310 g/mol. The quantitative estimate of drug-likeness (QED) is 0.909. The van der Waals surface area contributed by atoms with Gasteiger partial charge >= 0.3 is 0 Å². The standard InChI is InChI=1S/C16H26N2O2S/c1-12(2)16-10-14(11-18(16)13(3)4)17-21(19,20)15-8-6-5-7-9-15/h5-9,12-14,16-17H,10-11H2,1-4H3. The van der Waals surface area contributed by atoms with E-state index in [2.05, 4.69) is 37.3 Å². The smallest absolute Gasteiger partial charge is 0.240 e. The van der Waals surface area contributed by atoms with E-state index < -0.39 is 10.0 Å². The zero-order chi connectivity index (χ0) is 15.6. The van der Waals surface area contributed by atoms with E-state index in [1.165, 1.54) is 0 Å². The lowest BCUT2D eigenvalue weighted by molar-refractivity contribution is 0.165. The van der Waals surface area contributed by atoms with Gasteiger partial charge in [-0.2, -0.15) is 0 Å². The van der Waals surface area contributed by atoms with Crippen LogP contribution < -0.4 is 4.72 Å². The Bertz CT molecular complexity index is 539. The first-order chi connectivity index (χ1) is 9.81. The predicted molar refractivity (Wildman–Crippen MR) is 85.6 cm³/mol. The number of sulfonamides is 1. The Morgan fingerprint density at radius 3 is 2.24 bits per heavy atom. The van der Waals surface area contributed by atoms with Gasteiger partial charge < -0.3 is 0 Å². The molecule has 1 heterocycles. The van der Waals surface area contributed by atoms with Gasteiger partial charge in [0.15, 0.2) is 0 Å². The number of likely N-dealkylation sites (tertiary alicyclic amines) is 1. The second-order valence-electron chi connectivity index (χ2n) is 6.47. The fourth-order valence-electron chi connectivity index (χ4n) is 3.11. The van der Waals surface area contributed by atoms with Gasteiger partial charge in [-0.1, -0.05) is 32.0 Å². The van der Waals surface area contributed by atoms with Crippen molar-refractivity contribution >= 4 is 10.0 Å². The third-order valence-electron chi connectivity index (χ3n) is 4.19. The lowest BCUT2D eigenvalue weighted by Gasteiger charge is -2.30. The second-order valence-corrected chi connectivity index (χ2v) is 8.18. The van der Waals surface area contributed by atoms with Crippen molar-refractivity contribution < 1.29 is 8.42 Å². The minimum atomic E-state index is -3.42. The molecule has 5 heteroatoms. The molecule has 1 aromatic carbocycles. The highest BCUT2D eigenvalue weighted by Crippen LogP contribution is 2.27. The summed E-state index contributed by atoms with van der Waals surface area (Å²) in [6.45, 7) is 9.53. The highest BCUT2D eigenvalue weighted by atomic mass is 32.2. The molecule has 118 valence electrons. The number of nitrogens with one attached hydrogen (secondary N) is 1. The molecule has 1 aromatic rings. The Hall–Kier alpha value is -0.910. The van der Waals surface area contributed by atoms with E-state index >= 15 is 0 Å². The summed E-state index contributed by atoms with van der Waals surface area (Å²) >= 11 is 0. The largest absolute Gasteiger partial charge is 0.296 e. The number of hydrogen-bond acceptors (Lipinski definition) is 3. The van der Waals surface area contributed by atoms with Crippen LogP contribution in [0.1, 0.15) is 34.1 Å². The summed E-state index contributed by atoms with van der Waals surface area (Å²) < 4.78 is 27.7. The van der Waals surface area contributed by atoms with Crippen LogP contribution in [0.25, 0.3) is 0 Å². The average Bonchev–Trinajstić information content (AvgIpc) is 2.83. The van der Waals surface area contributed by atoms with Crippen molar-refractivity contribution in [1.82, 2.24) is 9.62 Å². The normalized spacial score (nSPS) is 24.1. The van der Waals surface area contributed by atoms with Crippen LogP contribution in [0.4, 0.5) is 0 Å². The SMILES string of the molecule is CC(C)C1CC(NS(=O)(=O)c2ccccc2)CN1C(C)C. The Morgan fingerprint density at radius 1 is 1.14 bits per heavy atom. The van der Waals surface area contributed by atoms with Gasteiger partial charge in [0.25, 0.3) is 0 Å². The van der Waals surface area contributed by atoms with Crippen LogP contribution in [0.3, 0.4) is 0 Å². The fourth-order valence-corrected chi connectivity index (χ4v) is 4.37. The highest BCUT2D eigenvalue weighted by Gasteiger charge is 2.37. The van der Waals surface area contributed by atoms with Crippen molar-refractivity contribution in [1.29, 1.82) is 0 Å². The van der Waals surface area contributed by atoms with E-state index in [-0.39, 0.29) is 6.04 Å². The Kier molecular flexibility index (Phi) is 5.07. The molecule has 1 aliphatic rings. The van der Waals surface area contributed by atoms with E-state index in [9.17, 15) is 8.42 Å². The molecule has 0 spiro atoms. The van der Waals surface area contributed by atoms with Gasteiger partial charge in [-0.15, -0.1) is 0 Å². The molecular formula is C16H26N2O2S. The van der Waals surface area contributed by atoms with Gasteiger partial charge in [0, 0.05) is 24.7 Å². The predicted octanol–water partition coefficient (Wildman–Crippen LogP) is 2.47. The van der Waals surface area contributed by atoms with Crippen LogP contribution >= 0.6 is 0 Å². The van der Waals surface area contributed by atoms with Crippen LogP contribution in [0.15, 0.2) is 35.2 Å². The molecule has 0 aliphatic carbocycles. The lowest BCUT2D eigenvalue weighted by atomic mass is 10.0. The molecule has 0 amide bonds. The van der Waals surface area contributed by atoms with Gasteiger partial charge in [-0.25, -0.2) is 13.1 Å². The maximum Gasteiger partial charge on any atom is 0.240 e. The van der Waals surface area contributed by atoms with Gasteiger partial charge in [0.2, 0.25) is 10.0 Å². The Morgan fingerprint density at radius 2 is 1.76 bits per heavy atom. The molecule has 2 rings (SSSR count). The van der Waals surface area contributed by atoms with Crippen molar-refractivity contribution in [2.75, 3.05) is 6.54 Å². The minimum absolute atomic E-state index is 0.00925. The van der Waals surface area contributed by atoms with Gasteiger partial charge in [-0.3, -0.25) is 4.90 Å². The maximum absolute atomic E-state index is 12.4. The molecule has 0 bridgehead atoms. The number of nitrogens with zero attached hydrogens (tertiary/aromatic N) is 1. The van der Waals surface area contributed by atoms with Crippen molar-refractivity contribution in [2.24, 2.45) is 5.92 Å². The molecule has 1 saturated heterocycles. The molecule has 4 nitrogen and oxygen atoms in total. The monoisotopic (exact) mass is 310 g/mol. The molecule has 0 saturated carbocycles. The summed E-state index contributed by atoms with van der Waals surface area (Å²) in [4.78, 5) is 2.75. The first-order valence-corrected chi connectivity index (χ1v) is 9.12. The molecular weight excluding hydrogens is 284 g/mol. The molecule has 2 unspecified atom stereocenters. The van der Waals surface area contributed by atoms with Crippen molar-refractivity contribution in [3.05, 3.63) is 30.3 Å². The van der Waals surface area contributed by atoms with E-state index in [1.54, 1.807) is 24.3 Å². The number of rotatable bonds is 5. The summed E-state index contributed by atoms with van der Waals surface area (Å²) in [6.07, 6.45) is 0.877. The van der Waals surface area contributed by atoms with Crippen LogP contribution in [0.2, 0.25) is 0 Å². The first kappa shape index (κ1) is 16.5. The van der Waals surface area contributed by atoms with Gasteiger partial charge in [-0.05, 0) is 38.3 Å². The van der Waals surface area contributed by atoms with Gasteiger partial charge in [0.05, 0.1) is 4.90 Å². The molecule has 0 aromatic heterocycles. The zero-order valence-corrected chi connectivity index (χ0v) is 14.1. The highest BCUT2D eigenvalue weighted by molar-refractivity contribution is 7.89. The van der Waals surface area contributed by atoms with Crippen LogP contribution in [-0.4, -0.2) is 38.0 Å². The maximum atomic E-state index is 12.4. The zero-order valence-electron chi connectivity index (χ0n) is 13.3. The Labute approximate surface area is 128 Å². The fraction of sp³-hybridized carbons (Fsp3) is 0.625. The van der Waals surface area contributed by atoms with Gasteiger partial charge in [0.1, 0.15) is 0 Å². The third-order valence-corrected chi connectivity index (χ3v) is 5.73. The number of hydrogen-bond donors (Lipinski definition) is 1. The minimum Gasteiger partial charge on any atom is -0.296 e. The molecule has 1 aliphatic heterocycles. The van der Waals surface area contributed by atoms with E-state index in [0.29, 0.717) is 22.9 Å². The van der Waals surface area contributed by atoms with E-state index in [1.807, 2.05) is 6.07 Å². The van der Waals surface area contributed by atoms with Crippen molar-refractivity contribution in [2.45, 2.75) is 57.1 Å². The molecule has 1 fully saturated rings. The van der Waals surface area contributed by atoms with Crippen molar-refractivity contribution in [3.8, 4) is 0 Å². The van der Waals surface area contributed by atoms with E-state index in [4.69, 9.17) is 0 Å². The topological polar surface area (TPSA) is 49.4 Å². The molecule has 21 heavy (non-hydrogen) atoms. The molecule has 1 N–H and O–H groups in total. The van der Waals surface area contributed by atoms with Crippen molar-refractivity contribution in [3.63, 3.8) is 0 Å². The number of benzene rings is 1. The van der Waals surface area contributed by atoms with Crippen LogP contribution in [0.5, 0.6) is 0 Å². The van der Waals surface area contributed by atoms with Crippen LogP contribution in [-0.2, 0) is 10.0 Å². The first-order valence-electron chi connectivity index (χ1n) is 7.64. The summed E-state index contributed by atoms with van der Waals surface area (Å²) in [5, 5.41) is 0. The Balaban J connectivity index is 2.11. The lowest BCUT2D eigenvalue weighted by Crippen LogP contribution is -2.40. The summed E-state index contributed by atoms with van der Waals surface area (Å²) in [5.74, 6) is 0.527. The second kappa shape index (κ2) is 6.46. The molecule has 2 atom stereocenters. The third kappa shape index (κ3) is 3.84. The van der Waals surface area contributed by atoms with E-state index in [0.717, 1.165) is 13.0 Å².